The van der Waals surface area contributed by atoms with Crippen LogP contribution in [-0.2, 0) is 0 Å². The Bertz CT molecular complexity index is 448. The first-order valence-corrected chi connectivity index (χ1v) is 7.70. The lowest BCUT2D eigenvalue weighted by Gasteiger charge is -2.51. The smallest absolute Gasteiger partial charge is 0.127 e. The first kappa shape index (κ1) is 15.5. The fourth-order valence-corrected chi connectivity index (χ4v) is 3.78. The zero-order valence-corrected chi connectivity index (χ0v) is 12.9. The predicted molar refractivity (Wildman–Crippen MR) is 82.0 cm³/mol. The van der Waals surface area contributed by atoms with Crippen molar-refractivity contribution in [2.24, 2.45) is 11.7 Å². The van der Waals surface area contributed by atoms with Gasteiger partial charge in [-0.05, 0) is 38.8 Å². The van der Waals surface area contributed by atoms with Gasteiger partial charge < -0.3 is 5.73 Å². The van der Waals surface area contributed by atoms with E-state index < -0.39 is 0 Å². The van der Waals surface area contributed by atoms with Crippen LogP contribution in [0.2, 0.25) is 0 Å². The van der Waals surface area contributed by atoms with Gasteiger partial charge >= 0.3 is 0 Å². The standard InChI is InChI=1S/C17H27FN2/c1-13-8-6-7-11-17(13,12-19)20(3)14(2)15-9-4-5-10-16(15)18/h4-5,9-10,13-14H,6-8,11-12,19H2,1-3H3. The van der Waals surface area contributed by atoms with E-state index in [2.05, 4.69) is 25.8 Å². The number of nitrogens with zero attached hydrogens (tertiary/aromatic N) is 1. The third-order valence-electron chi connectivity index (χ3n) is 5.41. The van der Waals surface area contributed by atoms with Crippen molar-refractivity contribution in [3.05, 3.63) is 35.6 Å². The van der Waals surface area contributed by atoms with E-state index in [9.17, 15) is 4.39 Å². The minimum absolute atomic E-state index is 0.0000515. The van der Waals surface area contributed by atoms with Gasteiger partial charge in [-0.15, -0.1) is 0 Å². The fourth-order valence-electron chi connectivity index (χ4n) is 3.78. The van der Waals surface area contributed by atoms with Crippen LogP contribution in [0.15, 0.2) is 24.3 Å². The highest BCUT2D eigenvalue weighted by Gasteiger charge is 2.42. The molecular weight excluding hydrogens is 251 g/mol. The van der Waals surface area contributed by atoms with Gasteiger partial charge in [-0.3, -0.25) is 4.90 Å². The van der Waals surface area contributed by atoms with Crippen LogP contribution < -0.4 is 5.73 Å². The Hall–Kier alpha value is -0.930. The summed E-state index contributed by atoms with van der Waals surface area (Å²) in [7, 11) is 2.10. The summed E-state index contributed by atoms with van der Waals surface area (Å²) in [6.07, 6.45) is 4.83. The molecule has 0 saturated heterocycles. The molecule has 0 spiro atoms. The lowest BCUT2D eigenvalue weighted by molar-refractivity contribution is 0.00560. The summed E-state index contributed by atoms with van der Waals surface area (Å²) in [5.74, 6) is 0.433. The molecule has 0 amide bonds. The molecule has 2 N–H and O–H groups in total. The Labute approximate surface area is 122 Å². The van der Waals surface area contributed by atoms with Crippen LogP contribution in [0.5, 0.6) is 0 Å². The first-order valence-electron chi connectivity index (χ1n) is 7.70. The Morgan fingerprint density at radius 2 is 2.10 bits per heavy atom. The Morgan fingerprint density at radius 1 is 1.40 bits per heavy atom. The summed E-state index contributed by atoms with van der Waals surface area (Å²) >= 11 is 0. The molecule has 1 saturated carbocycles. The summed E-state index contributed by atoms with van der Waals surface area (Å²) in [5.41, 5.74) is 6.91. The van der Waals surface area contributed by atoms with E-state index in [0.29, 0.717) is 12.5 Å². The van der Waals surface area contributed by atoms with Crippen molar-refractivity contribution in [1.82, 2.24) is 4.90 Å². The second kappa shape index (κ2) is 6.23. The maximum Gasteiger partial charge on any atom is 0.127 e. The molecule has 1 fully saturated rings. The number of nitrogens with two attached hydrogens (primary N) is 1. The molecular formula is C17H27FN2. The van der Waals surface area contributed by atoms with E-state index in [1.807, 2.05) is 12.1 Å². The van der Waals surface area contributed by atoms with E-state index in [4.69, 9.17) is 5.73 Å². The number of benzene rings is 1. The van der Waals surface area contributed by atoms with Crippen LogP contribution in [0.1, 0.15) is 51.1 Å². The van der Waals surface area contributed by atoms with Crippen LogP contribution in [-0.4, -0.2) is 24.0 Å². The van der Waals surface area contributed by atoms with Crippen molar-refractivity contribution < 1.29 is 4.39 Å². The topological polar surface area (TPSA) is 29.3 Å². The average molecular weight is 278 g/mol. The molecule has 1 aliphatic rings. The van der Waals surface area contributed by atoms with Gasteiger partial charge in [0.15, 0.2) is 0 Å². The molecule has 112 valence electrons. The predicted octanol–water partition coefficient (Wildman–Crippen LogP) is 3.73. The molecule has 1 aromatic rings. The monoisotopic (exact) mass is 278 g/mol. The van der Waals surface area contributed by atoms with Crippen LogP contribution in [0, 0.1) is 11.7 Å². The van der Waals surface area contributed by atoms with Crippen LogP contribution >= 0.6 is 0 Å². The van der Waals surface area contributed by atoms with E-state index >= 15 is 0 Å². The van der Waals surface area contributed by atoms with Crippen molar-refractivity contribution in [3.8, 4) is 0 Å². The van der Waals surface area contributed by atoms with Crippen molar-refractivity contribution in [1.29, 1.82) is 0 Å². The largest absolute Gasteiger partial charge is 0.329 e. The summed E-state index contributed by atoms with van der Waals surface area (Å²) < 4.78 is 14.0. The number of hydrogen-bond acceptors (Lipinski definition) is 2. The highest BCUT2D eigenvalue weighted by atomic mass is 19.1. The Balaban J connectivity index is 2.28. The van der Waals surface area contributed by atoms with Crippen LogP contribution in [0.4, 0.5) is 4.39 Å². The van der Waals surface area contributed by atoms with Crippen LogP contribution in [0.25, 0.3) is 0 Å². The van der Waals surface area contributed by atoms with Crippen molar-refractivity contribution >= 4 is 0 Å². The summed E-state index contributed by atoms with van der Waals surface area (Å²) in [4.78, 5) is 2.31. The number of rotatable bonds is 4. The fraction of sp³-hybridized carbons (Fsp3) is 0.647. The molecule has 3 heteroatoms. The van der Waals surface area contributed by atoms with Gasteiger partial charge in [0.1, 0.15) is 5.82 Å². The van der Waals surface area contributed by atoms with E-state index in [1.165, 1.54) is 19.3 Å². The van der Waals surface area contributed by atoms with Crippen molar-refractivity contribution in [2.75, 3.05) is 13.6 Å². The second-order valence-electron chi connectivity index (χ2n) is 6.26. The molecule has 3 unspecified atom stereocenters. The summed E-state index contributed by atoms with van der Waals surface area (Å²) in [6.45, 7) is 5.01. The van der Waals surface area contributed by atoms with Gasteiger partial charge in [-0.2, -0.15) is 0 Å². The summed E-state index contributed by atoms with van der Waals surface area (Å²) in [5, 5.41) is 0. The maximum atomic E-state index is 14.0. The Morgan fingerprint density at radius 3 is 2.70 bits per heavy atom. The highest BCUT2D eigenvalue weighted by Crippen LogP contribution is 2.41. The van der Waals surface area contributed by atoms with Gasteiger partial charge in [0.2, 0.25) is 0 Å². The molecule has 20 heavy (non-hydrogen) atoms. The average Bonchev–Trinajstić information content (AvgIpc) is 2.47. The zero-order chi connectivity index (χ0) is 14.8. The molecule has 0 heterocycles. The molecule has 0 bridgehead atoms. The van der Waals surface area contributed by atoms with Gasteiger partial charge in [0, 0.05) is 23.7 Å². The van der Waals surface area contributed by atoms with E-state index in [0.717, 1.165) is 12.0 Å². The quantitative estimate of drug-likeness (QED) is 0.909. The third kappa shape index (κ3) is 2.61. The van der Waals surface area contributed by atoms with Crippen molar-refractivity contribution in [2.45, 2.75) is 51.1 Å². The van der Waals surface area contributed by atoms with E-state index in [-0.39, 0.29) is 17.4 Å². The molecule has 1 aromatic carbocycles. The first-order chi connectivity index (χ1) is 9.53. The SMILES string of the molecule is CC(c1ccccc1F)N(C)C1(CN)CCCCC1C. The molecule has 3 atom stereocenters. The maximum absolute atomic E-state index is 14.0. The highest BCUT2D eigenvalue weighted by molar-refractivity contribution is 5.21. The lowest BCUT2D eigenvalue weighted by atomic mass is 9.72. The molecule has 1 aliphatic carbocycles. The minimum Gasteiger partial charge on any atom is -0.329 e. The molecule has 2 nitrogen and oxygen atoms in total. The van der Waals surface area contributed by atoms with Gasteiger partial charge in [-0.1, -0.05) is 38.0 Å². The number of hydrogen-bond donors (Lipinski definition) is 1. The van der Waals surface area contributed by atoms with Crippen LogP contribution in [0.3, 0.4) is 0 Å². The summed E-state index contributed by atoms with van der Waals surface area (Å²) in [6, 6.07) is 7.11. The number of halogens is 1. The molecule has 2 rings (SSSR count). The number of likely N-dealkylation sites (N-methyl/N-ethyl adjacent to an activating group) is 1. The van der Waals surface area contributed by atoms with Gasteiger partial charge in [0.25, 0.3) is 0 Å². The third-order valence-corrected chi connectivity index (χ3v) is 5.41. The van der Waals surface area contributed by atoms with Gasteiger partial charge in [-0.25, -0.2) is 4.39 Å². The molecule has 0 aliphatic heterocycles. The normalized spacial score (nSPS) is 28.6. The Kier molecular flexibility index (Phi) is 4.82. The van der Waals surface area contributed by atoms with Gasteiger partial charge in [0.05, 0.1) is 0 Å². The van der Waals surface area contributed by atoms with E-state index in [1.54, 1.807) is 12.1 Å². The second-order valence-corrected chi connectivity index (χ2v) is 6.26. The van der Waals surface area contributed by atoms with Crippen molar-refractivity contribution in [3.63, 3.8) is 0 Å². The lowest BCUT2D eigenvalue weighted by Crippen LogP contribution is -2.58. The molecule has 0 radical (unpaired) electrons. The minimum atomic E-state index is -0.123. The molecule has 0 aromatic heterocycles. The zero-order valence-electron chi connectivity index (χ0n) is 12.9.